The molecular formula is C14H25N3O. The molecule has 0 aromatic rings. The van der Waals surface area contributed by atoms with Crippen LogP contribution in [-0.4, -0.2) is 54.1 Å². The van der Waals surface area contributed by atoms with Crippen molar-refractivity contribution < 1.29 is 4.79 Å². The van der Waals surface area contributed by atoms with Crippen molar-refractivity contribution in [3.05, 3.63) is 0 Å². The molecule has 2 aliphatic carbocycles. The Labute approximate surface area is 110 Å². The molecule has 1 heterocycles. The van der Waals surface area contributed by atoms with E-state index in [2.05, 4.69) is 36.1 Å². The largest absolute Gasteiger partial charge is 0.336 e. The molecule has 3 aliphatic rings. The van der Waals surface area contributed by atoms with Gasteiger partial charge in [-0.1, -0.05) is 6.42 Å². The molecule has 0 bridgehead atoms. The van der Waals surface area contributed by atoms with Crippen LogP contribution in [0.5, 0.6) is 0 Å². The Morgan fingerprint density at radius 3 is 2.56 bits per heavy atom. The number of hydrogen-bond acceptors (Lipinski definition) is 2. The second kappa shape index (κ2) is 3.86. The molecule has 1 aliphatic heterocycles. The average molecular weight is 251 g/mol. The van der Waals surface area contributed by atoms with Crippen LogP contribution < -0.4 is 5.32 Å². The number of carbonyl (C=O) groups excluding carboxylic acids is 1. The minimum atomic E-state index is 0.117. The highest BCUT2D eigenvalue weighted by molar-refractivity contribution is 5.78. The molecule has 3 fully saturated rings. The molecule has 4 heteroatoms. The van der Waals surface area contributed by atoms with Gasteiger partial charge in [0.25, 0.3) is 0 Å². The normalized spacial score (nSPS) is 40.0. The van der Waals surface area contributed by atoms with E-state index in [1.165, 1.54) is 19.3 Å². The molecule has 1 saturated heterocycles. The predicted octanol–water partition coefficient (Wildman–Crippen LogP) is 1.66. The number of nitrogens with zero attached hydrogens (tertiary/aromatic N) is 2. The van der Waals surface area contributed by atoms with Crippen molar-refractivity contribution in [3.8, 4) is 0 Å². The fourth-order valence-electron chi connectivity index (χ4n) is 3.85. The third-order valence-electron chi connectivity index (χ3n) is 5.55. The van der Waals surface area contributed by atoms with Gasteiger partial charge in [-0.3, -0.25) is 0 Å². The molecule has 2 amide bonds. The van der Waals surface area contributed by atoms with E-state index >= 15 is 0 Å². The van der Waals surface area contributed by atoms with Crippen LogP contribution in [0.25, 0.3) is 0 Å². The minimum absolute atomic E-state index is 0.117. The highest BCUT2D eigenvalue weighted by atomic mass is 16.2. The van der Waals surface area contributed by atoms with Crippen LogP contribution in [0.15, 0.2) is 0 Å². The third kappa shape index (κ3) is 1.65. The van der Waals surface area contributed by atoms with E-state index in [0.717, 1.165) is 31.8 Å². The van der Waals surface area contributed by atoms with E-state index in [-0.39, 0.29) is 17.1 Å². The van der Waals surface area contributed by atoms with Crippen molar-refractivity contribution >= 4 is 6.03 Å². The molecule has 0 radical (unpaired) electrons. The molecule has 2 saturated carbocycles. The van der Waals surface area contributed by atoms with E-state index in [9.17, 15) is 4.79 Å². The number of amides is 2. The molecule has 1 spiro atoms. The zero-order chi connectivity index (χ0) is 13.0. The van der Waals surface area contributed by atoms with Crippen molar-refractivity contribution in [2.75, 3.05) is 27.2 Å². The predicted molar refractivity (Wildman–Crippen MR) is 71.5 cm³/mol. The lowest BCUT2D eigenvalue weighted by molar-refractivity contribution is -0.0577. The lowest BCUT2D eigenvalue weighted by Crippen LogP contribution is -2.68. The van der Waals surface area contributed by atoms with Crippen molar-refractivity contribution in [3.63, 3.8) is 0 Å². The van der Waals surface area contributed by atoms with Crippen LogP contribution >= 0.6 is 0 Å². The van der Waals surface area contributed by atoms with Gasteiger partial charge >= 0.3 is 6.03 Å². The molecule has 0 unspecified atom stereocenters. The number of nitrogens with one attached hydrogen (secondary N) is 1. The molecule has 0 aromatic carbocycles. The summed E-state index contributed by atoms with van der Waals surface area (Å²) in [6, 6.07) is 0.169. The summed E-state index contributed by atoms with van der Waals surface area (Å²) < 4.78 is 0. The Bertz CT molecular complexity index is 356. The van der Waals surface area contributed by atoms with Gasteiger partial charge in [0.1, 0.15) is 0 Å². The first kappa shape index (κ1) is 12.3. The van der Waals surface area contributed by atoms with Gasteiger partial charge in [0.05, 0.1) is 5.54 Å². The maximum absolute atomic E-state index is 12.0. The van der Waals surface area contributed by atoms with Gasteiger partial charge in [-0.15, -0.1) is 0 Å². The molecule has 0 aromatic heterocycles. The van der Waals surface area contributed by atoms with E-state index in [1.54, 1.807) is 0 Å². The molecule has 4 nitrogen and oxygen atoms in total. The lowest BCUT2D eigenvalue weighted by atomic mass is 9.62. The first-order valence-corrected chi connectivity index (χ1v) is 7.18. The zero-order valence-electron chi connectivity index (χ0n) is 11.8. The monoisotopic (exact) mass is 251 g/mol. The fourth-order valence-corrected chi connectivity index (χ4v) is 3.85. The maximum Gasteiger partial charge on any atom is 0.318 e. The van der Waals surface area contributed by atoms with Crippen LogP contribution in [0, 0.1) is 5.92 Å². The van der Waals surface area contributed by atoms with Crippen LogP contribution in [0.3, 0.4) is 0 Å². The van der Waals surface area contributed by atoms with Gasteiger partial charge in [0, 0.05) is 18.6 Å². The van der Waals surface area contributed by atoms with Crippen LogP contribution in [-0.2, 0) is 0 Å². The topological polar surface area (TPSA) is 35.6 Å². The van der Waals surface area contributed by atoms with E-state index in [1.807, 2.05) is 0 Å². The summed E-state index contributed by atoms with van der Waals surface area (Å²) in [7, 11) is 4.29. The molecule has 3 rings (SSSR count). The van der Waals surface area contributed by atoms with Crippen molar-refractivity contribution in [1.82, 2.24) is 15.1 Å². The summed E-state index contributed by atoms with van der Waals surface area (Å²) in [6.45, 7) is 4.14. The quantitative estimate of drug-likeness (QED) is 0.828. The molecule has 18 heavy (non-hydrogen) atoms. The van der Waals surface area contributed by atoms with Crippen LogP contribution in [0.2, 0.25) is 0 Å². The Morgan fingerprint density at radius 1 is 1.39 bits per heavy atom. The van der Waals surface area contributed by atoms with Gasteiger partial charge in [0.15, 0.2) is 0 Å². The van der Waals surface area contributed by atoms with Crippen LogP contribution in [0.4, 0.5) is 4.79 Å². The van der Waals surface area contributed by atoms with Gasteiger partial charge in [-0.25, -0.2) is 4.79 Å². The van der Waals surface area contributed by atoms with Crippen LogP contribution in [0.1, 0.15) is 39.0 Å². The second-order valence-corrected chi connectivity index (χ2v) is 7.04. The average Bonchev–Trinajstić information content (AvgIpc) is 2.50. The zero-order valence-corrected chi connectivity index (χ0v) is 11.8. The smallest absolute Gasteiger partial charge is 0.318 e. The third-order valence-corrected chi connectivity index (χ3v) is 5.55. The number of urea groups is 1. The molecular weight excluding hydrogens is 226 g/mol. The Balaban J connectivity index is 1.70. The summed E-state index contributed by atoms with van der Waals surface area (Å²) in [6.07, 6.45) is 6.19. The second-order valence-electron chi connectivity index (χ2n) is 7.04. The van der Waals surface area contributed by atoms with E-state index in [4.69, 9.17) is 0 Å². The Kier molecular flexibility index (Phi) is 2.63. The first-order valence-electron chi connectivity index (χ1n) is 7.18. The highest BCUT2D eigenvalue weighted by Crippen LogP contribution is 2.50. The molecule has 1 N–H and O–H groups in total. The number of carbonyl (C=O) groups is 1. The SMILES string of the molecule is CN(C)C1(C)CC2(CNC(=O)N2CC2CCC2)C1. The fraction of sp³-hybridized carbons (Fsp3) is 0.929. The Morgan fingerprint density at radius 2 is 2.06 bits per heavy atom. The lowest BCUT2D eigenvalue weighted by Gasteiger charge is -2.59. The van der Waals surface area contributed by atoms with Gasteiger partial charge in [-0.2, -0.15) is 0 Å². The summed E-state index contributed by atoms with van der Waals surface area (Å²) in [5.41, 5.74) is 0.385. The van der Waals surface area contributed by atoms with Crippen molar-refractivity contribution in [2.45, 2.75) is 50.1 Å². The van der Waals surface area contributed by atoms with E-state index in [0.29, 0.717) is 0 Å². The van der Waals surface area contributed by atoms with Gasteiger partial charge in [-0.05, 0) is 52.6 Å². The summed E-state index contributed by atoms with van der Waals surface area (Å²) >= 11 is 0. The van der Waals surface area contributed by atoms with Crippen molar-refractivity contribution in [2.24, 2.45) is 5.92 Å². The summed E-state index contributed by atoms with van der Waals surface area (Å²) in [4.78, 5) is 16.5. The van der Waals surface area contributed by atoms with Gasteiger partial charge in [0.2, 0.25) is 0 Å². The standard InChI is InChI=1S/C14H25N3O/c1-13(16(2)3)8-14(9-13)10-15-12(18)17(14)7-11-5-4-6-11/h11H,4-10H2,1-3H3,(H,15,18). The van der Waals surface area contributed by atoms with Crippen molar-refractivity contribution in [1.29, 1.82) is 0 Å². The molecule has 0 atom stereocenters. The minimum Gasteiger partial charge on any atom is -0.336 e. The summed E-state index contributed by atoms with van der Waals surface area (Å²) in [5.74, 6) is 0.761. The molecule has 102 valence electrons. The Hall–Kier alpha value is -0.770. The highest BCUT2D eigenvalue weighted by Gasteiger charge is 2.60. The summed E-state index contributed by atoms with van der Waals surface area (Å²) in [5, 5.41) is 3.06. The van der Waals surface area contributed by atoms with E-state index < -0.39 is 0 Å². The maximum atomic E-state index is 12.0. The number of rotatable bonds is 3. The first-order chi connectivity index (χ1) is 8.45. The van der Waals surface area contributed by atoms with Gasteiger partial charge < -0.3 is 15.1 Å². The number of hydrogen-bond donors (Lipinski definition) is 1.